The van der Waals surface area contributed by atoms with E-state index in [2.05, 4.69) is 10.4 Å². The lowest BCUT2D eigenvalue weighted by Gasteiger charge is -2.15. The fourth-order valence-corrected chi connectivity index (χ4v) is 2.41. The van der Waals surface area contributed by atoms with Crippen LogP contribution in [0.25, 0.3) is 0 Å². The Hall–Kier alpha value is -2.01. The lowest BCUT2D eigenvalue weighted by Crippen LogP contribution is -2.25. The standard InChI is InChI=1S/C16H20ClN3O2/c1-10(9-20-12(3)7-11(2)19-20)16(21)18-14-8-13(17)5-6-15(14)22-4/h5-8,10H,9H2,1-4H3,(H,18,21). The van der Waals surface area contributed by atoms with Crippen molar-refractivity contribution < 1.29 is 9.53 Å². The van der Waals surface area contributed by atoms with E-state index in [1.165, 1.54) is 0 Å². The normalized spacial score (nSPS) is 12.0. The number of aryl methyl sites for hydroxylation is 2. The third kappa shape index (κ3) is 3.80. The Labute approximate surface area is 135 Å². The van der Waals surface area contributed by atoms with E-state index in [-0.39, 0.29) is 11.8 Å². The van der Waals surface area contributed by atoms with E-state index in [1.54, 1.807) is 25.3 Å². The monoisotopic (exact) mass is 321 g/mol. The predicted octanol–water partition coefficient (Wildman–Crippen LogP) is 3.44. The molecule has 0 bridgehead atoms. The van der Waals surface area contributed by atoms with Crippen LogP contribution in [-0.4, -0.2) is 22.8 Å². The van der Waals surface area contributed by atoms with E-state index in [0.717, 1.165) is 11.4 Å². The second-order valence-electron chi connectivity index (χ2n) is 5.34. The summed E-state index contributed by atoms with van der Waals surface area (Å²) in [5.41, 5.74) is 2.55. The summed E-state index contributed by atoms with van der Waals surface area (Å²) in [6.07, 6.45) is 0. The molecule has 0 fully saturated rings. The van der Waals surface area contributed by atoms with Crippen LogP contribution in [0.3, 0.4) is 0 Å². The van der Waals surface area contributed by atoms with E-state index < -0.39 is 0 Å². The molecule has 1 atom stereocenters. The minimum atomic E-state index is -0.235. The molecule has 0 aliphatic carbocycles. The highest BCUT2D eigenvalue weighted by atomic mass is 35.5. The average molecular weight is 322 g/mol. The van der Waals surface area contributed by atoms with Gasteiger partial charge in [-0.15, -0.1) is 0 Å². The number of hydrogen-bond acceptors (Lipinski definition) is 3. The molecule has 0 spiro atoms. The number of halogens is 1. The molecule has 0 radical (unpaired) electrons. The van der Waals surface area contributed by atoms with Gasteiger partial charge in [0.05, 0.1) is 31.0 Å². The summed E-state index contributed by atoms with van der Waals surface area (Å²) in [6, 6.07) is 7.11. The topological polar surface area (TPSA) is 56.1 Å². The van der Waals surface area contributed by atoms with Crippen molar-refractivity contribution in [3.05, 3.63) is 40.7 Å². The van der Waals surface area contributed by atoms with Gasteiger partial charge in [0.25, 0.3) is 0 Å². The molecule has 118 valence electrons. The zero-order valence-corrected chi connectivity index (χ0v) is 13.9. The number of nitrogens with one attached hydrogen (secondary N) is 1. The van der Waals surface area contributed by atoms with Crippen LogP contribution in [0, 0.1) is 19.8 Å². The molecule has 1 N–H and O–H groups in total. The van der Waals surface area contributed by atoms with Gasteiger partial charge in [-0.2, -0.15) is 5.10 Å². The minimum absolute atomic E-state index is 0.104. The maximum absolute atomic E-state index is 12.4. The van der Waals surface area contributed by atoms with Gasteiger partial charge in [-0.1, -0.05) is 18.5 Å². The summed E-state index contributed by atoms with van der Waals surface area (Å²) in [4.78, 5) is 12.4. The van der Waals surface area contributed by atoms with Crippen LogP contribution in [0.15, 0.2) is 24.3 Å². The third-order valence-corrected chi connectivity index (χ3v) is 3.65. The first-order valence-electron chi connectivity index (χ1n) is 7.06. The molecule has 0 aliphatic heterocycles. The van der Waals surface area contributed by atoms with Crippen LogP contribution in [0.2, 0.25) is 5.02 Å². The van der Waals surface area contributed by atoms with Crippen molar-refractivity contribution in [2.24, 2.45) is 5.92 Å². The van der Waals surface area contributed by atoms with Gasteiger partial charge >= 0.3 is 0 Å². The first kappa shape index (κ1) is 16.4. The summed E-state index contributed by atoms with van der Waals surface area (Å²) in [7, 11) is 1.55. The fraction of sp³-hybridized carbons (Fsp3) is 0.375. The Bertz CT molecular complexity index is 682. The van der Waals surface area contributed by atoms with Gasteiger partial charge in [0.1, 0.15) is 5.75 Å². The number of ether oxygens (including phenoxy) is 1. The summed E-state index contributed by atoms with van der Waals surface area (Å²) in [5, 5.41) is 7.78. The first-order chi connectivity index (χ1) is 10.4. The molecular weight excluding hydrogens is 302 g/mol. The SMILES string of the molecule is COc1ccc(Cl)cc1NC(=O)C(C)Cn1nc(C)cc1C. The van der Waals surface area contributed by atoms with Gasteiger partial charge in [0, 0.05) is 10.7 Å². The molecule has 22 heavy (non-hydrogen) atoms. The number of rotatable bonds is 5. The molecule has 2 rings (SSSR count). The van der Waals surface area contributed by atoms with Crippen molar-refractivity contribution in [1.29, 1.82) is 0 Å². The van der Waals surface area contributed by atoms with Gasteiger partial charge in [0.2, 0.25) is 5.91 Å². The Balaban J connectivity index is 2.08. The molecule has 0 saturated carbocycles. The molecule has 2 aromatic rings. The van der Waals surface area contributed by atoms with Gasteiger partial charge in [-0.3, -0.25) is 9.48 Å². The molecule has 1 unspecified atom stereocenters. The van der Waals surface area contributed by atoms with Gasteiger partial charge in [0.15, 0.2) is 0 Å². The van der Waals surface area contributed by atoms with Crippen molar-refractivity contribution in [2.45, 2.75) is 27.3 Å². The molecule has 1 heterocycles. The van der Waals surface area contributed by atoms with Crippen molar-refractivity contribution in [3.63, 3.8) is 0 Å². The number of methoxy groups -OCH3 is 1. The number of aromatic nitrogens is 2. The van der Waals surface area contributed by atoms with Crippen molar-refractivity contribution >= 4 is 23.2 Å². The van der Waals surface area contributed by atoms with Crippen molar-refractivity contribution in [3.8, 4) is 5.75 Å². The van der Waals surface area contributed by atoms with Crippen LogP contribution in [0.5, 0.6) is 5.75 Å². The lowest BCUT2D eigenvalue weighted by atomic mass is 10.1. The maximum Gasteiger partial charge on any atom is 0.229 e. The maximum atomic E-state index is 12.4. The number of anilines is 1. The smallest absolute Gasteiger partial charge is 0.229 e. The van der Waals surface area contributed by atoms with Crippen LogP contribution in [-0.2, 0) is 11.3 Å². The highest BCUT2D eigenvalue weighted by molar-refractivity contribution is 6.31. The Morgan fingerprint density at radius 2 is 2.14 bits per heavy atom. The third-order valence-electron chi connectivity index (χ3n) is 3.42. The zero-order valence-electron chi connectivity index (χ0n) is 13.2. The molecular formula is C16H20ClN3O2. The summed E-state index contributed by atoms with van der Waals surface area (Å²) >= 11 is 5.97. The second-order valence-corrected chi connectivity index (χ2v) is 5.78. The van der Waals surface area contributed by atoms with E-state index in [4.69, 9.17) is 16.3 Å². The number of nitrogens with zero attached hydrogens (tertiary/aromatic N) is 2. The molecule has 0 saturated heterocycles. The molecule has 6 heteroatoms. The molecule has 1 aromatic carbocycles. The predicted molar refractivity (Wildman–Crippen MR) is 87.5 cm³/mol. The number of carbonyl (C=O) groups is 1. The molecule has 0 aliphatic rings. The number of hydrogen-bond donors (Lipinski definition) is 1. The van der Waals surface area contributed by atoms with E-state index in [1.807, 2.05) is 31.5 Å². The zero-order chi connectivity index (χ0) is 16.3. The van der Waals surface area contributed by atoms with Gasteiger partial charge in [-0.25, -0.2) is 0 Å². The molecule has 1 aromatic heterocycles. The van der Waals surface area contributed by atoms with Crippen LogP contribution in [0.4, 0.5) is 5.69 Å². The quantitative estimate of drug-likeness (QED) is 0.917. The van der Waals surface area contributed by atoms with Gasteiger partial charge in [-0.05, 0) is 38.1 Å². The summed E-state index contributed by atoms with van der Waals surface area (Å²) in [5.74, 6) is 0.242. The fourth-order valence-electron chi connectivity index (χ4n) is 2.24. The molecule has 5 nitrogen and oxygen atoms in total. The number of carbonyl (C=O) groups excluding carboxylic acids is 1. The Morgan fingerprint density at radius 1 is 1.41 bits per heavy atom. The number of benzene rings is 1. The Kier molecular flexibility index (Phi) is 5.08. The highest BCUT2D eigenvalue weighted by Crippen LogP contribution is 2.28. The van der Waals surface area contributed by atoms with Crippen molar-refractivity contribution in [2.75, 3.05) is 12.4 Å². The van der Waals surface area contributed by atoms with Gasteiger partial charge < -0.3 is 10.1 Å². The molecule has 1 amide bonds. The first-order valence-corrected chi connectivity index (χ1v) is 7.44. The summed E-state index contributed by atoms with van der Waals surface area (Å²) < 4.78 is 7.07. The largest absolute Gasteiger partial charge is 0.495 e. The van der Waals surface area contributed by atoms with E-state index >= 15 is 0 Å². The van der Waals surface area contributed by atoms with Crippen LogP contribution < -0.4 is 10.1 Å². The average Bonchev–Trinajstić information content (AvgIpc) is 2.77. The number of amides is 1. The van der Waals surface area contributed by atoms with Crippen LogP contribution in [0.1, 0.15) is 18.3 Å². The Morgan fingerprint density at radius 3 is 2.73 bits per heavy atom. The van der Waals surface area contributed by atoms with Crippen LogP contribution >= 0.6 is 11.6 Å². The van der Waals surface area contributed by atoms with Crippen molar-refractivity contribution in [1.82, 2.24) is 9.78 Å². The van der Waals surface area contributed by atoms with E-state index in [0.29, 0.717) is 23.0 Å². The van der Waals surface area contributed by atoms with E-state index in [9.17, 15) is 4.79 Å². The minimum Gasteiger partial charge on any atom is -0.495 e. The lowest BCUT2D eigenvalue weighted by molar-refractivity contribution is -0.119. The second kappa shape index (κ2) is 6.83. The highest BCUT2D eigenvalue weighted by Gasteiger charge is 2.17. The summed E-state index contributed by atoms with van der Waals surface area (Å²) in [6.45, 7) is 6.30.